The smallest absolute Gasteiger partial charge is 0.263 e. The molecule has 2 aromatic rings. The van der Waals surface area contributed by atoms with Gasteiger partial charge in [0.25, 0.3) is 10.0 Å². The highest BCUT2D eigenvalue weighted by molar-refractivity contribution is 7.90. The molecule has 0 aliphatic carbocycles. The first-order valence-electron chi connectivity index (χ1n) is 11.7. The van der Waals surface area contributed by atoms with Crippen molar-refractivity contribution in [2.24, 2.45) is 10.9 Å². The van der Waals surface area contributed by atoms with Crippen LogP contribution in [-0.2, 0) is 32.6 Å². The Hall–Kier alpha value is -2.75. The minimum atomic E-state index is -3.66. The molecule has 8 nitrogen and oxygen atoms in total. The number of carbonyl (C=O) groups excluding carboxylic acids is 1. The molecule has 2 N–H and O–H groups in total. The summed E-state index contributed by atoms with van der Waals surface area (Å²) in [5, 5.41) is 3.03. The third kappa shape index (κ3) is 5.84. The van der Waals surface area contributed by atoms with Crippen molar-refractivity contribution in [3.8, 4) is 0 Å². The molecule has 9 heteroatoms. The van der Waals surface area contributed by atoms with E-state index in [-0.39, 0.29) is 22.6 Å². The van der Waals surface area contributed by atoms with Crippen molar-refractivity contribution in [3.63, 3.8) is 0 Å². The number of nitrogens with one attached hydrogen (secondary N) is 2. The molecule has 2 aliphatic rings. The van der Waals surface area contributed by atoms with Crippen molar-refractivity contribution in [2.45, 2.75) is 44.3 Å². The van der Waals surface area contributed by atoms with E-state index in [4.69, 9.17) is 4.74 Å². The van der Waals surface area contributed by atoms with Gasteiger partial charge in [0.2, 0.25) is 5.91 Å². The van der Waals surface area contributed by atoms with Gasteiger partial charge in [0.15, 0.2) is 0 Å². The Morgan fingerprint density at radius 1 is 1.09 bits per heavy atom. The number of morpholine rings is 1. The van der Waals surface area contributed by atoms with Crippen LogP contribution >= 0.6 is 0 Å². The zero-order chi connectivity index (χ0) is 24.1. The fourth-order valence-electron chi connectivity index (χ4n) is 4.23. The molecule has 0 bridgehead atoms. The van der Waals surface area contributed by atoms with E-state index in [1.165, 1.54) is 5.56 Å². The molecule has 1 amide bonds. The van der Waals surface area contributed by atoms with E-state index < -0.39 is 16.1 Å². The number of hydrogen-bond acceptors (Lipinski definition) is 6. The van der Waals surface area contributed by atoms with Crippen LogP contribution in [-0.4, -0.2) is 57.4 Å². The lowest BCUT2D eigenvalue weighted by molar-refractivity contribution is -0.122. The quantitative estimate of drug-likeness (QED) is 0.599. The van der Waals surface area contributed by atoms with Crippen LogP contribution in [0.1, 0.15) is 37.0 Å². The van der Waals surface area contributed by atoms with E-state index in [9.17, 15) is 13.2 Å². The summed E-state index contributed by atoms with van der Waals surface area (Å²) in [4.78, 5) is 20.3. The van der Waals surface area contributed by atoms with Crippen LogP contribution in [0.15, 0.2) is 58.4 Å². The minimum absolute atomic E-state index is 0.189. The monoisotopic (exact) mass is 484 g/mol. The van der Waals surface area contributed by atoms with E-state index in [1.807, 2.05) is 32.0 Å². The molecule has 0 spiro atoms. The van der Waals surface area contributed by atoms with Crippen molar-refractivity contribution >= 4 is 21.8 Å². The Morgan fingerprint density at radius 2 is 1.76 bits per heavy atom. The highest BCUT2D eigenvalue weighted by Gasteiger charge is 2.32. The molecule has 0 radical (unpaired) electrons. The number of sulfonamides is 1. The Morgan fingerprint density at radius 3 is 2.50 bits per heavy atom. The summed E-state index contributed by atoms with van der Waals surface area (Å²) < 4.78 is 32.8. The average molecular weight is 485 g/mol. The molecule has 0 aromatic heterocycles. The highest BCUT2D eigenvalue weighted by Crippen LogP contribution is 2.23. The van der Waals surface area contributed by atoms with Gasteiger partial charge in [0, 0.05) is 31.7 Å². The summed E-state index contributed by atoms with van der Waals surface area (Å²) in [6.07, 6.45) is 0.509. The number of hydrogen-bond donors (Lipinski definition) is 2. The number of amidine groups is 1. The third-order valence-electron chi connectivity index (χ3n) is 6.01. The fraction of sp³-hybridized carbons (Fsp3) is 0.440. The molecule has 0 unspecified atom stereocenters. The van der Waals surface area contributed by atoms with Crippen molar-refractivity contribution < 1.29 is 17.9 Å². The number of ether oxygens (including phenoxy) is 1. The Balaban J connectivity index is 1.49. The maximum Gasteiger partial charge on any atom is 0.263 e. The average Bonchev–Trinajstić information content (AvgIpc) is 3.08. The van der Waals surface area contributed by atoms with Crippen LogP contribution < -0.4 is 10.0 Å². The van der Waals surface area contributed by atoms with Gasteiger partial charge in [0.1, 0.15) is 11.9 Å². The number of nitrogens with zero attached hydrogens (tertiary/aromatic N) is 2. The Kier molecular flexibility index (Phi) is 7.65. The van der Waals surface area contributed by atoms with Crippen molar-refractivity contribution in [3.05, 3.63) is 65.2 Å². The van der Waals surface area contributed by atoms with E-state index >= 15 is 0 Å². The molecule has 1 fully saturated rings. The number of rotatable bonds is 8. The van der Waals surface area contributed by atoms with Crippen LogP contribution in [0.25, 0.3) is 0 Å². The summed E-state index contributed by atoms with van der Waals surface area (Å²) in [6.45, 7) is 8.51. The van der Waals surface area contributed by atoms with Gasteiger partial charge >= 0.3 is 0 Å². The second kappa shape index (κ2) is 10.7. The first-order valence-corrected chi connectivity index (χ1v) is 13.2. The summed E-state index contributed by atoms with van der Waals surface area (Å²) in [5.41, 5.74) is 2.74. The summed E-state index contributed by atoms with van der Waals surface area (Å²) >= 11 is 0. The van der Waals surface area contributed by atoms with E-state index in [0.717, 1.165) is 38.4 Å². The molecular weight excluding hydrogens is 452 g/mol. The van der Waals surface area contributed by atoms with Gasteiger partial charge in [-0.15, -0.1) is 0 Å². The molecule has 2 aromatic carbocycles. The number of aliphatic imine (C=N–C) groups is 1. The molecule has 4 rings (SSSR count). The van der Waals surface area contributed by atoms with Gasteiger partial charge in [-0.2, -0.15) is 0 Å². The predicted molar refractivity (Wildman–Crippen MR) is 131 cm³/mol. The van der Waals surface area contributed by atoms with Crippen molar-refractivity contribution in [2.75, 3.05) is 26.3 Å². The molecule has 2 heterocycles. The van der Waals surface area contributed by atoms with E-state index in [1.54, 1.807) is 24.3 Å². The topological polar surface area (TPSA) is 100 Å². The van der Waals surface area contributed by atoms with Crippen molar-refractivity contribution in [1.29, 1.82) is 0 Å². The molecular formula is C25H32N4O4S. The molecule has 34 heavy (non-hydrogen) atoms. The third-order valence-corrected chi connectivity index (χ3v) is 7.41. The lowest BCUT2D eigenvalue weighted by atomic mass is 10.0. The molecule has 1 atom stereocenters. The maximum absolute atomic E-state index is 13.2. The molecule has 2 aliphatic heterocycles. The molecule has 1 saturated heterocycles. The summed E-state index contributed by atoms with van der Waals surface area (Å²) in [5.74, 6) is 0.219. The normalized spacial score (nSPS) is 19.6. The number of fused-ring (bicyclic) bond motifs is 1. The van der Waals surface area contributed by atoms with Crippen LogP contribution in [0.4, 0.5) is 0 Å². The Labute approximate surface area is 201 Å². The Bertz CT molecular complexity index is 1160. The van der Waals surface area contributed by atoms with Gasteiger partial charge in [-0.25, -0.2) is 8.42 Å². The van der Waals surface area contributed by atoms with Crippen LogP contribution in [0.2, 0.25) is 0 Å². The summed E-state index contributed by atoms with van der Waals surface area (Å²) in [7, 11) is -3.66. The second-order valence-corrected chi connectivity index (χ2v) is 10.8. The van der Waals surface area contributed by atoms with Gasteiger partial charge < -0.3 is 10.1 Å². The first-order chi connectivity index (χ1) is 16.3. The predicted octanol–water partition coefficient (Wildman–Crippen LogP) is 2.29. The van der Waals surface area contributed by atoms with Crippen LogP contribution in [0, 0.1) is 5.92 Å². The minimum Gasteiger partial charge on any atom is -0.379 e. The van der Waals surface area contributed by atoms with Gasteiger partial charge in [-0.05, 0) is 35.6 Å². The zero-order valence-electron chi connectivity index (χ0n) is 19.7. The second-order valence-electron chi connectivity index (χ2n) is 9.10. The maximum atomic E-state index is 13.2. The van der Waals surface area contributed by atoms with Crippen LogP contribution in [0.5, 0.6) is 0 Å². The van der Waals surface area contributed by atoms with Crippen molar-refractivity contribution in [1.82, 2.24) is 14.9 Å². The largest absolute Gasteiger partial charge is 0.379 e. The first kappa shape index (κ1) is 24.4. The van der Waals surface area contributed by atoms with Gasteiger partial charge in [-0.1, -0.05) is 50.2 Å². The van der Waals surface area contributed by atoms with E-state index in [2.05, 4.69) is 26.0 Å². The molecule has 182 valence electrons. The SMILES string of the molecule is CC(C)C[C@@H](N=C1NS(=O)(=O)c2ccccc21)C(=O)NCc1ccccc1CN1CCOCC1. The fourth-order valence-corrected chi connectivity index (χ4v) is 5.47. The zero-order valence-corrected chi connectivity index (χ0v) is 20.5. The van der Waals surface area contributed by atoms with Gasteiger partial charge in [-0.3, -0.25) is 19.4 Å². The molecule has 0 saturated carbocycles. The lowest BCUT2D eigenvalue weighted by Gasteiger charge is -2.27. The number of benzene rings is 2. The standard InChI is InChI=1S/C25H32N4O4S/c1-18(2)15-22(27-24-21-9-5-6-10-23(21)34(31,32)28-24)25(30)26-16-19-7-3-4-8-20(19)17-29-11-13-33-14-12-29/h3-10,18,22H,11-17H2,1-2H3,(H,26,30)(H,27,28)/t22-/m1/s1. The van der Waals surface area contributed by atoms with Crippen LogP contribution in [0.3, 0.4) is 0 Å². The summed E-state index contributed by atoms with van der Waals surface area (Å²) in [6, 6.07) is 14.1. The lowest BCUT2D eigenvalue weighted by Crippen LogP contribution is -2.37. The van der Waals surface area contributed by atoms with Gasteiger partial charge in [0.05, 0.1) is 18.1 Å². The number of carbonyl (C=O) groups is 1. The van der Waals surface area contributed by atoms with E-state index in [0.29, 0.717) is 18.5 Å². The highest BCUT2D eigenvalue weighted by atomic mass is 32.2. The number of amides is 1.